The van der Waals surface area contributed by atoms with Gasteiger partial charge in [0.2, 0.25) is 10.0 Å². The monoisotopic (exact) mass is 305 g/mol. The average molecular weight is 305 g/mol. The van der Waals surface area contributed by atoms with Crippen LogP contribution in [0.5, 0.6) is 0 Å². The van der Waals surface area contributed by atoms with Gasteiger partial charge in [0.15, 0.2) is 0 Å². The summed E-state index contributed by atoms with van der Waals surface area (Å²) in [6, 6.07) is 1.06. The van der Waals surface area contributed by atoms with Crippen molar-refractivity contribution >= 4 is 27.3 Å². The van der Waals surface area contributed by atoms with Crippen LogP contribution in [0.25, 0.3) is 0 Å². The molecule has 108 valence electrons. The highest BCUT2D eigenvalue weighted by Gasteiger charge is 2.25. The molecule has 0 aliphatic rings. The second kappa shape index (κ2) is 6.02. The summed E-state index contributed by atoms with van der Waals surface area (Å²) in [5, 5.41) is 8.90. The highest BCUT2D eigenvalue weighted by atomic mass is 32.2. The van der Waals surface area contributed by atoms with Gasteiger partial charge in [0, 0.05) is 10.9 Å². The van der Waals surface area contributed by atoms with Crippen LogP contribution in [0.4, 0.5) is 0 Å². The summed E-state index contributed by atoms with van der Waals surface area (Å²) in [6.45, 7) is 7.41. The summed E-state index contributed by atoms with van der Waals surface area (Å²) in [4.78, 5) is 11.5. The highest BCUT2D eigenvalue weighted by molar-refractivity contribution is 7.89. The molecular formula is C12H19NO4S2. The van der Waals surface area contributed by atoms with E-state index in [1.54, 1.807) is 6.92 Å². The molecule has 0 aromatic carbocycles. The third-order valence-electron chi connectivity index (χ3n) is 2.92. The highest BCUT2D eigenvalue weighted by Crippen LogP contribution is 2.26. The van der Waals surface area contributed by atoms with Crippen LogP contribution in [0.3, 0.4) is 0 Å². The predicted molar refractivity (Wildman–Crippen MR) is 75.3 cm³/mol. The fraction of sp³-hybridized carbons (Fsp3) is 0.583. The van der Waals surface area contributed by atoms with Crippen molar-refractivity contribution in [1.82, 2.24) is 4.72 Å². The third-order valence-corrected chi connectivity index (χ3v) is 5.71. The van der Waals surface area contributed by atoms with E-state index in [9.17, 15) is 13.2 Å². The Morgan fingerprint density at radius 2 is 2.05 bits per heavy atom. The first-order valence-electron chi connectivity index (χ1n) is 6.05. The maximum absolute atomic E-state index is 12.3. The Hall–Kier alpha value is -0.920. The Bertz CT molecular complexity index is 560. The van der Waals surface area contributed by atoms with Crippen LogP contribution in [-0.4, -0.2) is 25.5 Å². The fourth-order valence-corrected chi connectivity index (χ4v) is 4.69. The molecule has 0 saturated heterocycles. The van der Waals surface area contributed by atoms with Crippen molar-refractivity contribution in [2.45, 2.75) is 45.1 Å². The Kier molecular flexibility index (Phi) is 5.11. The summed E-state index contributed by atoms with van der Waals surface area (Å²) < 4.78 is 27.2. The number of carbonyl (C=O) groups is 1. The maximum Gasteiger partial charge on any atom is 0.345 e. The lowest BCUT2D eigenvalue weighted by atomic mass is 10.0. The lowest BCUT2D eigenvalue weighted by molar-refractivity contribution is 0.0702. The first-order valence-corrected chi connectivity index (χ1v) is 8.35. The molecule has 1 aromatic rings. The van der Waals surface area contributed by atoms with Crippen molar-refractivity contribution in [3.8, 4) is 0 Å². The van der Waals surface area contributed by atoms with Gasteiger partial charge in [0.25, 0.3) is 0 Å². The smallest absolute Gasteiger partial charge is 0.345 e. The van der Waals surface area contributed by atoms with Crippen molar-refractivity contribution in [2.24, 2.45) is 5.92 Å². The van der Waals surface area contributed by atoms with Crippen molar-refractivity contribution in [2.75, 3.05) is 0 Å². The lowest BCUT2D eigenvalue weighted by Gasteiger charge is -2.20. The lowest BCUT2D eigenvalue weighted by Crippen LogP contribution is -2.38. The number of hydrogen-bond donors (Lipinski definition) is 2. The van der Waals surface area contributed by atoms with Gasteiger partial charge in [-0.2, -0.15) is 0 Å². The molecule has 0 amide bonds. The molecular weight excluding hydrogens is 286 g/mol. The van der Waals surface area contributed by atoms with E-state index in [0.29, 0.717) is 11.3 Å². The number of rotatable bonds is 6. The first kappa shape index (κ1) is 16.1. The van der Waals surface area contributed by atoms with E-state index >= 15 is 0 Å². The third kappa shape index (κ3) is 3.77. The van der Waals surface area contributed by atoms with Gasteiger partial charge in [-0.15, -0.1) is 11.3 Å². The van der Waals surface area contributed by atoms with Gasteiger partial charge in [-0.3, -0.25) is 0 Å². The number of thiophene rings is 1. The normalized spacial score (nSPS) is 13.7. The summed E-state index contributed by atoms with van der Waals surface area (Å²) in [7, 11) is -3.66. The molecule has 0 aliphatic heterocycles. The average Bonchev–Trinajstić information content (AvgIpc) is 2.68. The van der Waals surface area contributed by atoms with E-state index in [4.69, 9.17) is 5.11 Å². The van der Waals surface area contributed by atoms with Crippen LogP contribution in [0.15, 0.2) is 11.0 Å². The number of aryl methyl sites for hydroxylation is 1. The number of carboxylic acid groups (broad SMARTS) is 1. The Morgan fingerprint density at radius 3 is 2.42 bits per heavy atom. The minimum absolute atomic E-state index is 0.0375. The minimum Gasteiger partial charge on any atom is -0.477 e. The zero-order chi connectivity index (χ0) is 14.8. The predicted octanol–water partition coefficient (Wildman–Crippen LogP) is 2.47. The van der Waals surface area contributed by atoms with Gasteiger partial charge in [-0.25, -0.2) is 17.9 Å². The molecule has 0 spiro atoms. The van der Waals surface area contributed by atoms with Crippen LogP contribution in [-0.2, 0) is 10.0 Å². The molecule has 1 heterocycles. The van der Waals surface area contributed by atoms with Gasteiger partial charge < -0.3 is 5.11 Å². The van der Waals surface area contributed by atoms with Crippen LogP contribution < -0.4 is 4.72 Å². The standard InChI is InChI=1S/C12H19NO4S2/c1-5-9(7(2)3)13-19(16,17)11-6-10(12(14)15)18-8(11)4/h6-7,9,13H,5H2,1-4H3,(H,14,15). The minimum atomic E-state index is -3.66. The molecule has 7 heteroatoms. The molecule has 1 atom stereocenters. The molecule has 2 N–H and O–H groups in total. The van der Waals surface area contributed by atoms with Gasteiger partial charge in [0.05, 0.1) is 4.90 Å². The Labute approximate surface area is 117 Å². The second-order valence-corrected chi connectivity index (χ2v) is 7.66. The van der Waals surface area contributed by atoms with Crippen molar-refractivity contribution < 1.29 is 18.3 Å². The summed E-state index contributed by atoms with van der Waals surface area (Å²) in [6.07, 6.45) is 0.686. The van der Waals surface area contributed by atoms with Gasteiger partial charge in [-0.05, 0) is 25.3 Å². The quantitative estimate of drug-likeness (QED) is 0.845. The van der Waals surface area contributed by atoms with Crippen molar-refractivity contribution in [3.63, 3.8) is 0 Å². The van der Waals surface area contributed by atoms with Crippen LogP contribution in [0, 0.1) is 12.8 Å². The van der Waals surface area contributed by atoms with E-state index in [1.807, 2.05) is 20.8 Å². The largest absolute Gasteiger partial charge is 0.477 e. The number of aromatic carboxylic acids is 1. The molecule has 0 bridgehead atoms. The van der Waals surface area contributed by atoms with Crippen LogP contribution in [0.2, 0.25) is 0 Å². The van der Waals surface area contributed by atoms with Gasteiger partial charge in [-0.1, -0.05) is 20.8 Å². The second-order valence-electron chi connectivity index (χ2n) is 4.72. The summed E-state index contributed by atoms with van der Waals surface area (Å²) in [5.74, 6) is -0.928. The SMILES string of the molecule is CCC(NS(=O)(=O)c1cc(C(=O)O)sc1C)C(C)C. The molecule has 1 rings (SSSR count). The van der Waals surface area contributed by atoms with Gasteiger partial charge in [0.1, 0.15) is 4.88 Å². The molecule has 1 unspecified atom stereocenters. The van der Waals surface area contributed by atoms with E-state index in [-0.39, 0.29) is 21.7 Å². The summed E-state index contributed by atoms with van der Waals surface area (Å²) in [5.41, 5.74) is 0. The Morgan fingerprint density at radius 1 is 1.47 bits per heavy atom. The molecule has 19 heavy (non-hydrogen) atoms. The summed E-state index contributed by atoms with van der Waals surface area (Å²) >= 11 is 0.974. The number of nitrogens with one attached hydrogen (secondary N) is 1. The van der Waals surface area contributed by atoms with Crippen LogP contribution in [0.1, 0.15) is 41.7 Å². The Balaban J connectivity index is 3.10. The zero-order valence-corrected chi connectivity index (χ0v) is 13.1. The van der Waals surface area contributed by atoms with E-state index < -0.39 is 16.0 Å². The number of hydrogen-bond acceptors (Lipinski definition) is 4. The van der Waals surface area contributed by atoms with Gasteiger partial charge >= 0.3 is 5.97 Å². The van der Waals surface area contributed by atoms with E-state index in [2.05, 4.69) is 4.72 Å². The number of sulfonamides is 1. The topological polar surface area (TPSA) is 83.5 Å². The first-order chi connectivity index (χ1) is 8.69. The van der Waals surface area contributed by atoms with Crippen molar-refractivity contribution in [1.29, 1.82) is 0 Å². The molecule has 0 radical (unpaired) electrons. The van der Waals surface area contributed by atoms with E-state index in [0.717, 1.165) is 11.3 Å². The zero-order valence-electron chi connectivity index (χ0n) is 11.4. The maximum atomic E-state index is 12.3. The molecule has 0 saturated carbocycles. The molecule has 1 aromatic heterocycles. The van der Waals surface area contributed by atoms with E-state index in [1.165, 1.54) is 6.07 Å². The fourth-order valence-electron chi connectivity index (χ4n) is 1.79. The molecule has 0 aliphatic carbocycles. The molecule has 0 fully saturated rings. The van der Waals surface area contributed by atoms with Crippen molar-refractivity contribution in [3.05, 3.63) is 15.8 Å². The molecule has 5 nitrogen and oxygen atoms in total. The number of carboxylic acids is 1. The van der Waals surface area contributed by atoms with Crippen LogP contribution >= 0.6 is 11.3 Å².